The molecule has 0 saturated heterocycles. The molecule has 0 spiro atoms. The molecule has 0 aliphatic rings. The van der Waals surface area contributed by atoms with Gasteiger partial charge in [0.05, 0.1) is 5.25 Å². The summed E-state index contributed by atoms with van der Waals surface area (Å²) in [6.45, 7) is 1.23. The van der Waals surface area contributed by atoms with E-state index in [2.05, 4.69) is 4.74 Å². The van der Waals surface area contributed by atoms with Crippen molar-refractivity contribution in [2.75, 3.05) is 0 Å². The monoisotopic (exact) mass is 272 g/mol. The first-order chi connectivity index (χ1) is 7.70. The van der Waals surface area contributed by atoms with Gasteiger partial charge in [-0.15, -0.1) is 13.2 Å². The SMILES string of the molecule is CC(c1ccc(F)cc1OC(F)(F)F)S(=O)O. The van der Waals surface area contributed by atoms with E-state index in [9.17, 15) is 21.8 Å². The van der Waals surface area contributed by atoms with Crippen LogP contribution >= 0.6 is 0 Å². The number of ether oxygens (including phenoxy) is 1. The first kappa shape index (κ1) is 13.9. The molecule has 2 atom stereocenters. The molecule has 0 heterocycles. The van der Waals surface area contributed by atoms with Crippen molar-refractivity contribution in [1.82, 2.24) is 0 Å². The minimum Gasteiger partial charge on any atom is -0.405 e. The van der Waals surface area contributed by atoms with Gasteiger partial charge in [0.15, 0.2) is 11.1 Å². The molecule has 8 heteroatoms. The first-order valence-electron chi connectivity index (χ1n) is 4.35. The second-order valence-electron chi connectivity index (χ2n) is 3.15. The van der Waals surface area contributed by atoms with Crippen molar-refractivity contribution in [2.45, 2.75) is 18.5 Å². The van der Waals surface area contributed by atoms with E-state index in [1.165, 1.54) is 6.92 Å². The highest BCUT2D eigenvalue weighted by Crippen LogP contribution is 2.32. The van der Waals surface area contributed by atoms with E-state index in [1.807, 2.05) is 0 Å². The standard InChI is InChI=1S/C9H8F4O3S/c1-5(17(14)15)7-3-2-6(10)4-8(7)16-9(11,12)13/h2-5H,1H3,(H,14,15). The molecule has 0 amide bonds. The highest BCUT2D eigenvalue weighted by Gasteiger charge is 2.33. The number of hydrogen-bond donors (Lipinski definition) is 1. The van der Waals surface area contributed by atoms with Crippen molar-refractivity contribution >= 4 is 11.1 Å². The summed E-state index contributed by atoms with van der Waals surface area (Å²) in [4.78, 5) is 0. The minimum absolute atomic E-state index is 0.190. The van der Waals surface area contributed by atoms with Crippen molar-refractivity contribution in [3.8, 4) is 5.75 Å². The van der Waals surface area contributed by atoms with Gasteiger partial charge >= 0.3 is 6.36 Å². The summed E-state index contributed by atoms with van der Waals surface area (Å²) in [6, 6.07) is 2.39. The maximum absolute atomic E-state index is 12.8. The van der Waals surface area contributed by atoms with E-state index in [1.54, 1.807) is 0 Å². The predicted molar refractivity (Wildman–Crippen MR) is 52.3 cm³/mol. The van der Waals surface area contributed by atoms with Crippen LogP contribution in [0.4, 0.5) is 17.6 Å². The smallest absolute Gasteiger partial charge is 0.405 e. The maximum Gasteiger partial charge on any atom is 0.573 e. The average Bonchev–Trinajstić information content (AvgIpc) is 2.14. The zero-order valence-electron chi connectivity index (χ0n) is 8.49. The average molecular weight is 272 g/mol. The lowest BCUT2D eigenvalue weighted by molar-refractivity contribution is -0.275. The van der Waals surface area contributed by atoms with Crippen LogP contribution in [0.15, 0.2) is 18.2 Å². The highest BCUT2D eigenvalue weighted by atomic mass is 32.2. The van der Waals surface area contributed by atoms with Crippen molar-refractivity contribution < 1.29 is 31.1 Å². The van der Waals surface area contributed by atoms with Crippen molar-refractivity contribution in [2.24, 2.45) is 0 Å². The van der Waals surface area contributed by atoms with E-state index >= 15 is 0 Å². The fourth-order valence-corrected chi connectivity index (χ4v) is 1.58. The summed E-state index contributed by atoms with van der Waals surface area (Å²) >= 11 is -2.38. The third-order valence-corrected chi connectivity index (χ3v) is 2.80. The summed E-state index contributed by atoms with van der Waals surface area (Å²) in [7, 11) is 0. The van der Waals surface area contributed by atoms with Crippen LogP contribution in [-0.4, -0.2) is 15.1 Å². The normalized spacial score (nSPS) is 15.4. The Kier molecular flexibility index (Phi) is 4.10. The van der Waals surface area contributed by atoms with Crippen LogP contribution in [0.25, 0.3) is 0 Å². The van der Waals surface area contributed by atoms with Gasteiger partial charge in [-0.25, -0.2) is 8.60 Å². The van der Waals surface area contributed by atoms with E-state index in [4.69, 9.17) is 4.55 Å². The lowest BCUT2D eigenvalue weighted by atomic mass is 10.1. The molecule has 0 bridgehead atoms. The minimum atomic E-state index is -4.99. The molecule has 3 nitrogen and oxygen atoms in total. The van der Waals surface area contributed by atoms with E-state index in [0.29, 0.717) is 6.07 Å². The number of rotatable bonds is 3. The summed E-state index contributed by atoms with van der Waals surface area (Å²) in [5.74, 6) is -1.74. The number of alkyl halides is 3. The lowest BCUT2D eigenvalue weighted by Crippen LogP contribution is -2.19. The molecule has 0 saturated carbocycles. The maximum atomic E-state index is 12.8. The molecule has 1 aromatic rings. The first-order valence-corrected chi connectivity index (χ1v) is 5.52. The van der Waals surface area contributed by atoms with Crippen LogP contribution in [0.3, 0.4) is 0 Å². The Labute approximate surface area is 96.7 Å². The zero-order valence-corrected chi connectivity index (χ0v) is 9.31. The van der Waals surface area contributed by atoms with Gasteiger partial charge in [0.1, 0.15) is 11.6 Å². The van der Waals surface area contributed by atoms with Crippen molar-refractivity contribution in [1.29, 1.82) is 0 Å². The van der Waals surface area contributed by atoms with Gasteiger partial charge in [-0.3, -0.25) is 0 Å². The van der Waals surface area contributed by atoms with Crippen LogP contribution in [0.2, 0.25) is 0 Å². The van der Waals surface area contributed by atoms with Gasteiger partial charge in [-0.2, -0.15) is 0 Å². The molecule has 1 N–H and O–H groups in total. The van der Waals surface area contributed by atoms with E-state index in [-0.39, 0.29) is 5.56 Å². The Morgan fingerprint density at radius 3 is 2.47 bits per heavy atom. The number of hydrogen-bond acceptors (Lipinski definition) is 2. The fourth-order valence-electron chi connectivity index (χ4n) is 1.17. The largest absolute Gasteiger partial charge is 0.573 e. The summed E-state index contributed by atoms with van der Waals surface area (Å²) in [5, 5.41) is -1.12. The Morgan fingerprint density at radius 1 is 1.41 bits per heavy atom. The third-order valence-electron chi connectivity index (χ3n) is 1.94. The van der Waals surface area contributed by atoms with Gasteiger partial charge in [-0.1, -0.05) is 6.07 Å². The number of benzene rings is 1. The molecule has 1 aromatic carbocycles. The highest BCUT2D eigenvalue weighted by molar-refractivity contribution is 7.79. The van der Waals surface area contributed by atoms with Gasteiger partial charge in [0.2, 0.25) is 0 Å². The summed E-state index contributed by atoms with van der Waals surface area (Å²) in [5.41, 5.74) is -0.190. The molecule has 2 unspecified atom stereocenters. The molecule has 0 aromatic heterocycles. The fraction of sp³-hybridized carbons (Fsp3) is 0.333. The Hall–Kier alpha value is -1.15. The molecule has 1 rings (SSSR count). The molecule has 96 valence electrons. The molecular formula is C9H8F4O3S. The lowest BCUT2D eigenvalue weighted by Gasteiger charge is -2.15. The van der Waals surface area contributed by atoms with Crippen molar-refractivity contribution in [3.63, 3.8) is 0 Å². The van der Waals surface area contributed by atoms with E-state index < -0.39 is 34.3 Å². The Morgan fingerprint density at radius 2 is 2.00 bits per heavy atom. The van der Waals surface area contributed by atoms with Gasteiger partial charge < -0.3 is 9.29 Å². The predicted octanol–water partition coefficient (Wildman–Crippen LogP) is 3.01. The third kappa shape index (κ3) is 3.97. The second-order valence-corrected chi connectivity index (χ2v) is 4.41. The second kappa shape index (κ2) is 5.01. The Bertz CT molecular complexity index is 433. The van der Waals surface area contributed by atoms with Crippen LogP contribution < -0.4 is 4.74 Å². The molecule has 0 fully saturated rings. The van der Waals surface area contributed by atoms with Crippen LogP contribution in [0.5, 0.6) is 5.75 Å². The van der Waals surface area contributed by atoms with E-state index in [0.717, 1.165) is 12.1 Å². The Balaban J connectivity index is 3.17. The quantitative estimate of drug-likeness (QED) is 0.679. The van der Waals surface area contributed by atoms with Crippen LogP contribution in [0, 0.1) is 5.82 Å². The van der Waals surface area contributed by atoms with Gasteiger partial charge in [0.25, 0.3) is 0 Å². The molecule has 0 radical (unpaired) electrons. The van der Waals surface area contributed by atoms with Gasteiger partial charge in [0, 0.05) is 11.6 Å². The molecular weight excluding hydrogens is 264 g/mol. The number of halogens is 4. The molecule has 17 heavy (non-hydrogen) atoms. The summed E-state index contributed by atoms with van der Waals surface area (Å²) in [6.07, 6.45) is -4.99. The van der Waals surface area contributed by atoms with Gasteiger partial charge in [-0.05, 0) is 13.0 Å². The van der Waals surface area contributed by atoms with Crippen LogP contribution in [0.1, 0.15) is 17.7 Å². The molecule has 0 aliphatic carbocycles. The summed E-state index contributed by atoms with van der Waals surface area (Å²) < 4.78 is 72.1. The molecule has 0 aliphatic heterocycles. The van der Waals surface area contributed by atoms with Crippen molar-refractivity contribution in [3.05, 3.63) is 29.6 Å². The zero-order chi connectivity index (χ0) is 13.2. The topological polar surface area (TPSA) is 46.5 Å². The van der Waals surface area contributed by atoms with Crippen LogP contribution in [-0.2, 0) is 11.1 Å².